The van der Waals surface area contributed by atoms with Crippen LogP contribution in [0.4, 0.5) is 0 Å². The number of hydrogen-bond acceptors (Lipinski definition) is 2. The highest BCUT2D eigenvalue weighted by Gasteiger charge is 2.25. The molecule has 0 unspecified atom stereocenters. The Balaban J connectivity index is 1.23. The predicted octanol–water partition coefficient (Wildman–Crippen LogP) is 13.0. The summed E-state index contributed by atoms with van der Waals surface area (Å²) in [6.07, 6.45) is 0. The van der Waals surface area contributed by atoms with Gasteiger partial charge in [-0.15, -0.1) is 0 Å². The molecule has 0 saturated carbocycles. The number of benzene rings is 9. The first-order valence-corrected chi connectivity index (χ1v) is 18.5. The number of aromatic nitrogens is 4. The molecule has 0 atom stereocenters. The molecular formula is C50H28N4. The van der Waals surface area contributed by atoms with Gasteiger partial charge < -0.3 is 4.40 Å². The summed E-state index contributed by atoms with van der Waals surface area (Å²) in [7, 11) is 0. The van der Waals surface area contributed by atoms with E-state index in [-0.39, 0.29) is 0 Å². The van der Waals surface area contributed by atoms with Crippen LogP contribution in [0, 0.1) is 0 Å². The van der Waals surface area contributed by atoms with E-state index in [4.69, 9.17) is 9.97 Å². The number of para-hydroxylation sites is 2. The summed E-state index contributed by atoms with van der Waals surface area (Å²) >= 11 is 0. The lowest BCUT2D eigenvalue weighted by molar-refractivity contribution is 1.02. The van der Waals surface area contributed by atoms with Crippen LogP contribution >= 0.6 is 0 Å². The Morgan fingerprint density at radius 2 is 0.981 bits per heavy atom. The summed E-state index contributed by atoms with van der Waals surface area (Å²) in [6, 6.07) is 61.6. The number of nitrogens with zero attached hydrogens (tertiary/aromatic N) is 4. The molecule has 0 aliphatic rings. The fraction of sp³-hybridized carbons (Fsp3) is 0. The lowest BCUT2D eigenvalue weighted by Gasteiger charge is -2.14. The molecule has 0 aliphatic carbocycles. The highest BCUT2D eigenvalue weighted by Crippen LogP contribution is 2.47. The topological polar surface area (TPSA) is 35.1 Å². The Bertz CT molecular complexity index is 3740. The van der Waals surface area contributed by atoms with Gasteiger partial charge in [-0.1, -0.05) is 127 Å². The Hall–Kier alpha value is -7.30. The lowest BCUT2D eigenvalue weighted by atomic mass is 10.00. The number of hydrogen-bond donors (Lipinski definition) is 0. The first kappa shape index (κ1) is 28.3. The summed E-state index contributed by atoms with van der Waals surface area (Å²) in [5, 5.41) is 15.6. The van der Waals surface area contributed by atoms with Gasteiger partial charge in [0.25, 0.3) is 0 Å². The van der Waals surface area contributed by atoms with Crippen molar-refractivity contribution in [3.63, 3.8) is 0 Å². The molecule has 0 radical (unpaired) electrons. The Kier molecular flexibility index (Phi) is 5.34. The van der Waals surface area contributed by atoms with Gasteiger partial charge in [0, 0.05) is 48.7 Å². The number of rotatable bonds is 2. The van der Waals surface area contributed by atoms with Gasteiger partial charge in [0.2, 0.25) is 5.95 Å². The van der Waals surface area contributed by atoms with Gasteiger partial charge in [0.1, 0.15) is 0 Å². The highest BCUT2D eigenvalue weighted by molar-refractivity contribution is 6.36. The second kappa shape index (κ2) is 10.2. The van der Waals surface area contributed by atoms with E-state index < -0.39 is 0 Å². The molecule has 0 bridgehead atoms. The van der Waals surface area contributed by atoms with E-state index in [0.717, 1.165) is 44.0 Å². The number of fused-ring (bicyclic) bond motifs is 15. The van der Waals surface area contributed by atoms with Crippen LogP contribution in [0.25, 0.3) is 120 Å². The van der Waals surface area contributed by atoms with E-state index in [1.54, 1.807) is 0 Å². The van der Waals surface area contributed by atoms with E-state index in [2.05, 4.69) is 179 Å². The van der Waals surface area contributed by atoms with Crippen LogP contribution in [0.3, 0.4) is 0 Å². The maximum Gasteiger partial charge on any atom is 0.235 e. The standard InChI is InChI=1S/C50H28N4/c1-2-13-31-25-34(22-21-29(31)11-1)47-38-24-23-30-12-5-6-16-35(30)48(38)52-50(51-47)54-42-20-10-7-17-36(42)45-44(54)28-40-39-26-32-14-3-4-15-33(32)27-43(39)53-41-19-9-8-18-37(41)46(45)49(40)53/h1-28H. The highest BCUT2D eigenvalue weighted by atomic mass is 15.2. The molecule has 0 fully saturated rings. The van der Waals surface area contributed by atoms with Gasteiger partial charge in [-0.3, -0.25) is 4.57 Å². The van der Waals surface area contributed by atoms with Crippen molar-refractivity contribution >= 4 is 103 Å². The van der Waals surface area contributed by atoms with E-state index in [1.165, 1.54) is 70.4 Å². The minimum absolute atomic E-state index is 0.667. The van der Waals surface area contributed by atoms with Crippen LogP contribution in [0.2, 0.25) is 0 Å². The zero-order chi connectivity index (χ0) is 35.1. The molecule has 0 spiro atoms. The second-order valence-electron chi connectivity index (χ2n) is 14.6. The Morgan fingerprint density at radius 1 is 0.352 bits per heavy atom. The molecular weight excluding hydrogens is 657 g/mol. The average Bonchev–Trinajstić information content (AvgIpc) is 3.86. The Morgan fingerprint density at radius 3 is 1.80 bits per heavy atom. The predicted molar refractivity (Wildman–Crippen MR) is 226 cm³/mol. The maximum atomic E-state index is 5.56. The fourth-order valence-corrected chi connectivity index (χ4v) is 9.42. The summed E-state index contributed by atoms with van der Waals surface area (Å²) in [6.45, 7) is 0. The normalized spacial score (nSPS) is 12.4. The first-order valence-electron chi connectivity index (χ1n) is 18.5. The van der Waals surface area contributed by atoms with Crippen LogP contribution in [-0.4, -0.2) is 18.9 Å². The van der Waals surface area contributed by atoms with E-state index in [0.29, 0.717) is 5.95 Å². The molecule has 0 saturated heterocycles. The average molecular weight is 685 g/mol. The quantitative estimate of drug-likeness (QED) is 0.170. The van der Waals surface area contributed by atoms with Crippen molar-refractivity contribution in [3.8, 4) is 17.2 Å². The van der Waals surface area contributed by atoms with Crippen LogP contribution in [0.15, 0.2) is 170 Å². The van der Waals surface area contributed by atoms with Crippen molar-refractivity contribution < 1.29 is 0 Å². The van der Waals surface area contributed by atoms with Gasteiger partial charge in [-0.2, -0.15) is 0 Å². The molecule has 4 heteroatoms. The van der Waals surface area contributed by atoms with Gasteiger partial charge in [0.15, 0.2) is 0 Å². The molecule has 0 amide bonds. The molecule has 54 heavy (non-hydrogen) atoms. The van der Waals surface area contributed by atoms with Crippen molar-refractivity contribution in [1.82, 2.24) is 18.9 Å². The van der Waals surface area contributed by atoms with Crippen molar-refractivity contribution in [3.05, 3.63) is 170 Å². The molecule has 248 valence electrons. The second-order valence-corrected chi connectivity index (χ2v) is 14.6. The van der Waals surface area contributed by atoms with Gasteiger partial charge in [-0.05, 0) is 69.4 Å². The molecule has 13 rings (SSSR count). The monoisotopic (exact) mass is 684 g/mol. The Labute approximate surface area is 308 Å². The lowest BCUT2D eigenvalue weighted by Crippen LogP contribution is -2.04. The molecule has 4 aromatic heterocycles. The molecule has 0 aliphatic heterocycles. The molecule has 0 N–H and O–H groups in total. The van der Waals surface area contributed by atoms with E-state index in [9.17, 15) is 0 Å². The fourth-order valence-electron chi connectivity index (χ4n) is 9.42. The first-order chi connectivity index (χ1) is 26.8. The van der Waals surface area contributed by atoms with Crippen molar-refractivity contribution in [2.45, 2.75) is 0 Å². The van der Waals surface area contributed by atoms with Crippen molar-refractivity contribution in [1.29, 1.82) is 0 Å². The third kappa shape index (κ3) is 3.61. The summed E-state index contributed by atoms with van der Waals surface area (Å²) in [5.41, 5.74) is 8.85. The van der Waals surface area contributed by atoms with E-state index in [1.807, 2.05) is 0 Å². The summed E-state index contributed by atoms with van der Waals surface area (Å²) in [4.78, 5) is 11.1. The minimum Gasteiger partial charge on any atom is -0.308 e. The largest absolute Gasteiger partial charge is 0.308 e. The van der Waals surface area contributed by atoms with Crippen LogP contribution in [0.5, 0.6) is 0 Å². The molecule has 4 heterocycles. The van der Waals surface area contributed by atoms with Crippen LogP contribution < -0.4 is 0 Å². The van der Waals surface area contributed by atoms with Crippen LogP contribution in [0.1, 0.15) is 0 Å². The van der Waals surface area contributed by atoms with Crippen molar-refractivity contribution in [2.75, 3.05) is 0 Å². The SMILES string of the molecule is c1ccc2cc(-c3nc(-n4c5ccccc5c5c6c7ccccc7n7c8cc9ccccc9cc8c(cc54)c67)nc4c3ccc3ccccc34)ccc2c1. The molecule has 4 nitrogen and oxygen atoms in total. The summed E-state index contributed by atoms with van der Waals surface area (Å²) < 4.78 is 4.81. The van der Waals surface area contributed by atoms with Gasteiger partial charge in [0.05, 0.1) is 38.8 Å². The maximum absolute atomic E-state index is 5.56. The zero-order valence-corrected chi connectivity index (χ0v) is 29.0. The van der Waals surface area contributed by atoms with Crippen molar-refractivity contribution in [2.24, 2.45) is 0 Å². The van der Waals surface area contributed by atoms with Gasteiger partial charge >= 0.3 is 0 Å². The zero-order valence-electron chi connectivity index (χ0n) is 29.0. The minimum atomic E-state index is 0.667. The third-order valence-corrected chi connectivity index (χ3v) is 11.8. The molecule has 13 aromatic rings. The van der Waals surface area contributed by atoms with E-state index >= 15 is 0 Å². The van der Waals surface area contributed by atoms with Gasteiger partial charge in [-0.25, -0.2) is 9.97 Å². The molecule has 9 aromatic carbocycles. The van der Waals surface area contributed by atoms with Crippen LogP contribution in [-0.2, 0) is 0 Å². The third-order valence-electron chi connectivity index (χ3n) is 11.8. The smallest absolute Gasteiger partial charge is 0.235 e. The summed E-state index contributed by atoms with van der Waals surface area (Å²) in [5.74, 6) is 0.667.